The summed E-state index contributed by atoms with van der Waals surface area (Å²) in [6.45, 7) is 10.2. The van der Waals surface area contributed by atoms with Crippen molar-refractivity contribution >= 4 is 22.5 Å². The molecule has 0 aliphatic rings. The van der Waals surface area contributed by atoms with Gasteiger partial charge >= 0.3 is 0 Å². The van der Waals surface area contributed by atoms with Crippen molar-refractivity contribution in [1.29, 1.82) is 5.41 Å². The van der Waals surface area contributed by atoms with Gasteiger partial charge in [0, 0.05) is 37.0 Å². The predicted octanol–water partition coefficient (Wildman–Crippen LogP) is 2.45. The SMILES string of the molecule is CC(C)CN(CCC(=N)N)c1nc(C(C)C)ns1. The van der Waals surface area contributed by atoms with Crippen LogP contribution in [0.3, 0.4) is 0 Å². The van der Waals surface area contributed by atoms with Crippen LogP contribution in [0.15, 0.2) is 0 Å². The minimum Gasteiger partial charge on any atom is -0.388 e. The van der Waals surface area contributed by atoms with Crippen LogP contribution in [0.4, 0.5) is 5.13 Å². The van der Waals surface area contributed by atoms with Gasteiger partial charge in [0.2, 0.25) is 5.13 Å². The van der Waals surface area contributed by atoms with Gasteiger partial charge in [0.15, 0.2) is 0 Å². The van der Waals surface area contributed by atoms with Crippen LogP contribution in [0.1, 0.15) is 45.9 Å². The number of nitrogens with zero attached hydrogens (tertiary/aromatic N) is 3. The molecule has 0 spiro atoms. The zero-order chi connectivity index (χ0) is 13.7. The molecular formula is C12H23N5S. The van der Waals surface area contributed by atoms with E-state index in [1.807, 2.05) is 0 Å². The van der Waals surface area contributed by atoms with E-state index in [1.54, 1.807) is 0 Å². The monoisotopic (exact) mass is 269 g/mol. The van der Waals surface area contributed by atoms with Gasteiger partial charge in [-0.15, -0.1) is 0 Å². The molecule has 1 aromatic rings. The lowest BCUT2D eigenvalue weighted by Crippen LogP contribution is -2.31. The summed E-state index contributed by atoms with van der Waals surface area (Å²) in [5, 5.41) is 8.26. The Morgan fingerprint density at radius 1 is 1.39 bits per heavy atom. The van der Waals surface area contributed by atoms with Crippen molar-refractivity contribution in [3.63, 3.8) is 0 Å². The molecule has 0 saturated heterocycles. The molecule has 6 heteroatoms. The molecule has 0 aromatic carbocycles. The molecule has 0 aliphatic carbocycles. The lowest BCUT2D eigenvalue weighted by molar-refractivity contribution is 0.611. The Morgan fingerprint density at radius 3 is 2.50 bits per heavy atom. The van der Waals surface area contributed by atoms with Gasteiger partial charge in [0.1, 0.15) is 5.82 Å². The maximum atomic E-state index is 7.32. The lowest BCUT2D eigenvalue weighted by Gasteiger charge is -2.23. The quantitative estimate of drug-likeness (QED) is 0.588. The standard InChI is InChI=1S/C12H23N5S/c1-8(2)7-17(6-5-10(13)14)12-15-11(9(3)4)16-18-12/h8-9H,5-7H2,1-4H3,(H3,13,14). The minimum atomic E-state index is 0.220. The molecule has 0 atom stereocenters. The lowest BCUT2D eigenvalue weighted by atomic mass is 10.2. The van der Waals surface area contributed by atoms with E-state index in [0.717, 1.165) is 24.0 Å². The molecule has 0 amide bonds. The Morgan fingerprint density at radius 2 is 2.06 bits per heavy atom. The highest BCUT2D eigenvalue weighted by Gasteiger charge is 2.15. The third-order valence-corrected chi connectivity index (χ3v) is 3.25. The maximum absolute atomic E-state index is 7.32. The Labute approximate surface area is 113 Å². The first kappa shape index (κ1) is 14.9. The molecule has 0 bridgehead atoms. The maximum Gasteiger partial charge on any atom is 0.205 e. The van der Waals surface area contributed by atoms with E-state index in [0.29, 0.717) is 18.3 Å². The summed E-state index contributed by atoms with van der Waals surface area (Å²) in [6.07, 6.45) is 0.573. The molecule has 5 nitrogen and oxygen atoms in total. The molecule has 1 aromatic heterocycles. The predicted molar refractivity (Wildman–Crippen MR) is 77.6 cm³/mol. The van der Waals surface area contributed by atoms with Gasteiger partial charge in [-0.25, -0.2) is 4.98 Å². The van der Waals surface area contributed by atoms with Crippen LogP contribution in [0.5, 0.6) is 0 Å². The summed E-state index contributed by atoms with van der Waals surface area (Å²) in [5.41, 5.74) is 5.43. The van der Waals surface area contributed by atoms with Gasteiger partial charge in [-0.1, -0.05) is 27.7 Å². The normalized spacial score (nSPS) is 11.2. The number of nitrogens with one attached hydrogen (secondary N) is 1. The zero-order valence-corrected chi connectivity index (χ0v) is 12.4. The van der Waals surface area contributed by atoms with Crippen molar-refractivity contribution in [3.05, 3.63) is 5.82 Å². The van der Waals surface area contributed by atoms with Gasteiger partial charge in [-0.2, -0.15) is 4.37 Å². The molecule has 3 N–H and O–H groups in total. The Kier molecular flexibility index (Phi) is 5.53. The Balaban J connectivity index is 2.76. The number of amidine groups is 1. The second-order valence-corrected chi connectivity index (χ2v) is 5.94. The third-order valence-electron chi connectivity index (χ3n) is 2.45. The van der Waals surface area contributed by atoms with Crippen molar-refractivity contribution in [2.75, 3.05) is 18.0 Å². The van der Waals surface area contributed by atoms with Crippen molar-refractivity contribution in [3.8, 4) is 0 Å². The van der Waals surface area contributed by atoms with Gasteiger partial charge in [-0.3, -0.25) is 5.41 Å². The van der Waals surface area contributed by atoms with Gasteiger partial charge in [0.05, 0.1) is 5.84 Å². The minimum absolute atomic E-state index is 0.220. The summed E-state index contributed by atoms with van der Waals surface area (Å²) in [4.78, 5) is 6.74. The first-order valence-electron chi connectivity index (χ1n) is 6.31. The average molecular weight is 269 g/mol. The van der Waals surface area contributed by atoms with E-state index >= 15 is 0 Å². The van der Waals surface area contributed by atoms with E-state index in [-0.39, 0.29) is 5.84 Å². The average Bonchev–Trinajstić information content (AvgIpc) is 2.72. The van der Waals surface area contributed by atoms with Crippen LogP contribution in [0.25, 0.3) is 0 Å². The van der Waals surface area contributed by atoms with E-state index in [4.69, 9.17) is 11.1 Å². The fourth-order valence-corrected chi connectivity index (χ4v) is 2.39. The van der Waals surface area contributed by atoms with Gasteiger partial charge in [0.25, 0.3) is 0 Å². The number of hydrogen-bond acceptors (Lipinski definition) is 5. The summed E-state index contributed by atoms with van der Waals surface area (Å²) >= 11 is 1.43. The van der Waals surface area contributed by atoms with Crippen molar-refractivity contribution in [1.82, 2.24) is 9.36 Å². The second kappa shape index (κ2) is 6.68. The first-order chi connectivity index (χ1) is 8.40. The first-order valence-corrected chi connectivity index (χ1v) is 7.09. The molecule has 0 saturated carbocycles. The molecule has 1 rings (SSSR count). The molecule has 1 heterocycles. The van der Waals surface area contributed by atoms with Crippen molar-refractivity contribution < 1.29 is 0 Å². The third kappa shape index (κ3) is 4.60. The largest absolute Gasteiger partial charge is 0.388 e. The molecule has 0 aliphatic heterocycles. The summed E-state index contributed by atoms with van der Waals surface area (Å²) < 4.78 is 4.37. The topological polar surface area (TPSA) is 78.9 Å². The Bertz CT molecular complexity index is 386. The van der Waals surface area contributed by atoms with Crippen LogP contribution >= 0.6 is 11.5 Å². The molecular weight excluding hydrogens is 246 g/mol. The second-order valence-electron chi connectivity index (χ2n) is 5.20. The molecule has 18 heavy (non-hydrogen) atoms. The highest BCUT2D eigenvalue weighted by Crippen LogP contribution is 2.22. The molecule has 0 unspecified atom stereocenters. The number of aromatic nitrogens is 2. The number of rotatable bonds is 7. The molecule has 0 fully saturated rings. The number of anilines is 1. The van der Waals surface area contributed by atoms with E-state index in [1.165, 1.54) is 11.5 Å². The van der Waals surface area contributed by atoms with Gasteiger partial charge in [-0.05, 0) is 5.92 Å². The van der Waals surface area contributed by atoms with E-state index in [2.05, 4.69) is 42.0 Å². The fraction of sp³-hybridized carbons (Fsp3) is 0.750. The zero-order valence-electron chi connectivity index (χ0n) is 11.6. The van der Waals surface area contributed by atoms with Gasteiger partial charge < -0.3 is 10.6 Å². The molecule has 0 radical (unpaired) electrons. The highest BCUT2D eigenvalue weighted by molar-refractivity contribution is 7.09. The van der Waals surface area contributed by atoms with Crippen LogP contribution in [0.2, 0.25) is 0 Å². The van der Waals surface area contributed by atoms with Crippen LogP contribution in [-0.4, -0.2) is 28.3 Å². The smallest absolute Gasteiger partial charge is 0.205 e. The van der Waals surface area contributed by atoms with Crippen molar-refractivity contribution in [2.24, 2.45) is 11.7 Å². The summed E-state index contributed by atoms with van der Waals surface area (Å²) in [6, 6.07) is 0. The summed E-state index contributed by atoms with van der Waals surface area (Å²) in [7, 11) is 0. The van der Waals surface area contributed by atoms with Crippen molar-refractivity contribution in [2.45, 2.75) is 40.0 Å². The van der Waals surface area contributed by atoms with E-state index in [9.17, 15) is 0 Å². The highest BCUT2D eigenvalue weighted by atomic mass is 32.1. The number of hydrogen-bond donors (Lipinski definition) is 2. The fourth-order valence-electron chi connectivity index (χ4n) is 1.55. The van der Waals surface area contributed by atoms with E-state index < -0.39 is 0 Å². The molecule has 102 valence electrons. The number of nitrogens with two attached hydrogens (primary N) is 1. The Hall–Kier alpha value is -1.17. The van der Waals surface area contributed by atoms with Crippen LogP contribution in [-0.2, 0) is 0 Å². The summed E-state index contributed by atoms with van der Waals surface area (Å²) in [5.74, 6) is 2.01. The van der Waals surface area contributed by atoms with Crippen LogP contribution in [0, 0.1) is 11.3 Å². The van der Waals surface area contributed by atoms with Crippen LogP contribution < -0.4 is 10.6 Å².